The molecule has 5 heteroatoms. The molecule has 0 radical (unpaired) electrons. The Morgan fingerprint density at radius 1 is 0.913 bits per heavy atom. The lowest BCUT2D eigenvalue weighted by molar-refractivity contribution is 0.0475. The lowest BCUT2D eigenvalue weighted by Gasteiger charge is -2.06. The fraction of sp³-hybridized carbons (Fsp3) is 0.0556. The van der Waals surface area contributed by atoms with Gasteiger partial charge in [-0.15, -0.1) is 0 Å². The number of carbonyl (C=O) groups excluding carboxylic acids is 2. The molecule has 2 aromatic carbocycles. The molecule has 23 heavy (non-hydrogen) atoms. The topological polar surface area (TPSA) is 61.2 Å². The van der Waals surface area contributed by atoms with E-state index in [0.29, 0.717) is 11.1 Å². The molecular weight excluding hydrogens is 292 g/mol. The smallest absolute Gasteiger partial charge is 0.338 e. The first-order valence-electron chi connectivity index (χ1n) is 7.09. The van der Waals surface area contributed by atoms with Gasteiger partial charge >= 0.3 is 5.97 Å². The van der Waals surface area contributed by atoms with Crippen molar-refractivity contribution in [1.29, 1.82) is 0 Å². The van der Waals surface area contributed by atoms with Crippen molar-refractivity contribution in [3.8, 4) is 5.69 Å². The van der Waals surface area contributed by atoms with E-state index < -0.39 is 5.97 Å². The highest BCUT2D eigenvalue weighted by Gasteiger charge is 2.11. The number of ether oxygens (including phenoxy) is 1. The Morgan fingerprint density at radius 3 is 2.30 bits per heavy atom. The van der Waals surface area contributed by atoms with E-state index in [1.54, 1.807) is 59.4 Å². The number of hydrogen-bond donors (Lipinski definition) is 0. The molecule has 0 aliphatic rings. The van der Waals surface area contributed by atoms with Gasteiger partial charge < -0.3 is 4.74 Å². The van der Waals surface area contributed by atoms with Crippen LogP contribution in [0.5, 0.6) is 0 Å². The summed E-state index contributed by atoms with van der Waals surface area (Å²) in [7, 11) is 0. The summed E-state index contributed by atoms with van der Waals surface area (Å²) in [4.78, 5) is 23.9. The van der Waals surface area contributed by atoms with Gasteiger partial charge in [-0.25, -0.2) is 9.48 Å². The third-order valence-corrected chi connectivity index (χ3v) is 3.30. The quantitative estimate of drug-likeness (QED) is 0.537. The number of nitrogens with zero attached hydrogens (tertiary/aromatic N) is 2. The maximum Gasteiger partial charge on any atom is 0.338 e. The standard InChI is InChI=1S/C18H14N2O3/c21-17(14-5-2-1-3-6-14)13-23-18(22)15-7-9-16(10-8-15)20-12-4-11-19-20/h1-12H,13H2. The van der Waals surface area contributed by atoms with Crippen LogP contribution in [0.3, 0.4) is 0 Å². The summed E-state index contributed by atoms with van der Waals surface area (Å²) in [6, 6.07) is 17.4. The zero-order valence-electron chi connectivity index (χ0n) is 12.3. The molecule has 0 spiro atoms. The summed E-state index contributed by atoms with van der Waals surface area (Å²) in [5.74, 6) is -0.756. The fourth-order valence-corrected chi connectivity index (χ4v) is 2.09. The summed E-state index contributed by atoms with van der Waals surface area (Å²) in [5.41, 5.74) is 1.75. The summed E-state index contributed by atoms with van der Waals surface area (Å²) in [6.45, 7) is -0.274. The highest BCUT2D eigenvalue weighted by atomic mass is 16.5. The highest BCUT2D eigenvalue weighted by molar-refractivity contribution is 5.99. The van der Waals surface area contributed by atoms with Gasteiger partial charge in [0.15, 0.2) is 12.4 Å². The van der Waals surface area contributed by atoms with Crippen LogP contribution in [0, 0.1) is 0 Å². The second kappa shape index (κ2) is 6.70. The summed E-state index contributed by atoms with van der Waals surface area (Å²) in [6.07, 6.45) is 3.49. The zero-order chi connectivity index (χ0) is 16.1. The monoisotopic (exact) mass is 306 g/mol. The van der Waals surface area contributed by atoms with E-state index in [2.05, 4.69) is 5.10 Å². The third-order valence-electron chi connectivity index (χ3n) is 3.30. The predicted molar refractivity (Wildman–Crippen MR) is 84.6 cm³/mol. The Bertz CT molecular complexity index is 794. The first kappa shape index (κ1) is 14.7. The van der Waals surface area contributed by atoms with Gasteiger partial charge in [0.1, 0.15) is 0 Å². The van der Waals surface area contributed by atoms with Crippen molar-refractivity contribution in [2.45, 2.75) is 0 Å². The minimum atomic E-state index is -0.527. The molecule has 0 saturated carbocycles. The molecule has 0 saturated heterocycles. The van der Waals surface area contributed by atoms with Crippen LogP contribution in [-0.4, -0.2) is 28.1 Å². The Morgan fingerprint density at radius 2 is 1.65 bits per heavy atom. The summed E-state index contributed by atoms with van der Waals surface area (Å²) >= 11 is 0. The van der Waals surface area contributed by atoms with E-state index in [9.17, 15) is 9.59 Å². The third kappa shape index (κ3) is 3.52. The number of rotatable bonds is 5. The molecule has 0 amide bonds. The van der Waals surface area contributed by atoms with Crippen molar-refractivity contribution in [2.75, 3.05) is 6.61 Å². The van der Waals surface area contributed by atoms with Gasteiger partial charge in [-0.1, -0.05) is 30.3 Å². The largest absolute Gasteiger partial charge is 0.454 e. The van der Waals surface area contributed by atoms with E-state index >= 15 is 0 Å². The molecule has 3 rings (SSSR count). The Balaban J connectivity index is 1.61. The average molecular weight is 306 g/mol. The Labute approximate surface area is 133 Å². The van der Waals surface area contributed by atoms with Gasteiger partial charge in [0.2, 0.25) is 0 Å². The van der Waals surface area contributed by atoms with Crippen molar-refractivity contribution in [1.82, 2.24) is 9.78 Å². The number of ketones is 1. The second-order valence-corrected chi connectivity index (χ2v) is 4.86. The molecule has 1 aromatic heterocycles. The molecule has 1 heterocycles. The van der Waals surface area contributed by atoms with Crippen molar-refractivity contribution < 1.29 is 14.3 Å². The predicted octanol–water partition coefficient (Wildman–Crippen LogP) is 2.91. The number of Topliss-reactive ketones (excluding diaryl/α,β-unsaturated/α-hetero) is 1. The number of carbonyl (C=O) groups is 2. The van der Waals surface area contributed by atoms with Gasteiger partial charge in [-0.2, -0.15) is 5.10 Å². The van der Waals surface area contributed by atoms with Gasteiger partial charge in [0.25, 0.3) is 0 Å². The van der Waals surface area contributed by atoms with Crippen LogP contribution in [0.1, 0.15) is 20.7 Å². The zero-order valence-corrected chi connectivity index (χ0v) is 12.3. The SMILES string of the molecule is O=C(COC(=O)c1ccc(-n2cccn2)cc1)c1ccccc1. The molecule has 3 aromatic rings. The molecule has 0 N–H and O–H groups in total. The maximum atomic E-state index is 12.0. The Hall–Kier alpha value is -3.21. The first-order chi connectivity index (χ1) is 11.2. The number of esters is 1. The van der Waals surface area contributed by atoms with Crippen LogP contribution in [0.15, 0.2) is 73.1 Å². The van der Waals surface area contributed by atoms with E-state index in [-0.39, 0.29) is 12.4 Å². The van der Waals surface area contributed by atoms with Crippen LogP contribution in [0.4, 0.5) is 0 Å². The minimum absolute atomic E-state index is 0.230. The van der Waals surface area contributed by atoms with E-state index in [1.807, 2.05) is 18.3 Å². The Kier molecular flexibility index (Phi) is 4.29. The second-order valence-electron chi connectivity index (χ2n) is 4.86. The van der Waals surface area contributed by atoms with Crippen molar-refractivity contribution >= 4 is 11.8 Å². The van der Waals surface area contributed by atoms with Crippen LogP contribution in [-0.2, 0) is 4.74 Å². The lowest BCUT2D eigenvalue weighted by atomic mass is 10.1. The number of benzene rings is 2. The van der Waals surface area contributed by atoms with Crippen LogP contribution >= 0.6 is 0 Å². The molecule has 5 nitrogen and oxygen atoms in total. The molecule has 0 aliphatic carbocycles. The first-order valence-corrected chi connectivity index (χ1v) is 7.09. The van der Waals surface area contributed by atoms with E-state index in [4.69, 9.17) is 4.74 Å². The van der Waals surface area contributed by atoms with Crippen LogP contribution in [0.25, 0.3) is 5.69 Å². The molecular formula is C18H14N2O3. The number of hydrogen-bond acceptors (Lipinski definition) is 4. The van der Waals surface area contributed by atoms with Gasteiger partial charge in [-0.05, 0) is 30.3 Å². The molecule has 0 unspecified atom stereocenters. The lowest BCUT2D eigenvalue weighted by Crippen LogP contribution is -2.14. The van der Waals surface area contributed by atoms with E-state index in [1.165, 1.54) is 0 Å². The summed E-state index contributed by atoms with van der Waals surface area (Å²) < 4.78 is 6.75. The fourth-order valence-electron chi connectivity index (χ4n) is 2.09. The van der Waals surface area contributed by atoms with Crippen molar-refractivity contribution in [2.24, 2.45) is 0 Å². The minimum Gasteiger partial charge on any atom is -0.454 e. The summed E-state index contributed by atoms with van der Waals surface area (Å²) in [5, 5.41) is 4.11. The van der Waals surface area contributed by atoms with E-state index in [0.717, 1.165) is 5.69 Å². The molecule has 0 fully saturated rings. The molecule has 0 atom stereocenters. The number of aromatic nitrogens is 2. The average Bonchev–Trinajstić information content (AvgIpc) is 3.15. The van der Waals surface area contributed by atoms with Crippen molar-refractivity contribution in [3.63, 3.8) is 0 Å². The van der Waals surface area contributed by atoms with Gasteiger partial charge in [0.05, 0.1) is 11.3 Å². The highest BCUT2D eigenvalue weighted by Crippen LogP contribution is 2.10. The van der Waals surface area contributed by atoms with Gasteiger partial charge in [0, 0.05) is 18.0 Å². The normalized spacial score (nSPS) is 10.3. The molecule has 0 bridgehead atoms. The molecule has 0 aliphatic heterocycles. The maximum absolute atomic E-state index is 12.0. The van der Waals surface area contributed by atoms with Crippen molar-refractivity contribution in [3.05, 3.63) is 84.2 Å². The van der Waals surface area contributed by atoms with Crippen LogP contribution in [0.2, 0.25) is 0 Å². The van der Waals surface area contributed by atoms with Gasteiger partial charge in [-0.3, -0.25) is 4.79 Å². The van der Waals surface area contributed by atoms with Crippen LogP contribution < -0.4 is 0 Å². The molecule has 114 valence electrons.